The molecule has 9 heteroatoms. The number of carboxylic acids is 1. The van der Waals surface area contributed by atoms with Crippen LogP contribution < -0.4 is 5.73 Å². The minimum atomic E-state index is -1.55. The van der Waals surface area contributed by atoms with Crippen molar-refractivity contribution in [2.24, 2.45) is 5.16 Å². The van der Waals surface area contributed by atoms with Crippen molar-refractivity contribution < 1.29 is 19.5 Å². The van der Waals surface area contributed by atoms with Crippen molar-refractivity contribution in [1.29, 1.82) is 0 Å². The third-order valence-electron chi connectivity index (χ3n) is 1.67. The number of rotatable bonds is 5. The molecule has 8 nitrogen and oxygen atoms in total. The van der Waals surface area contributed by atoms with Gasteiger partial charge in [-0.25, -0.2) is 4.79 Å². The van der Waals surface area contributed by atoms with E-state index in [-0.39, 0.29) is 16.7 Å². The van der Waals surface area contributed by atoms with Gasteiger partial charge in [-0.3, -0.25) is 4.79 Å². The summed E-state index contributed by atoms with van der Waals surface area (Å²) in [4.78, 5) is 29.9. The zero-order valence-electron chi connectivity index (χ0n) is 9.08. The fourth-order valence-electron chi connectivity index (χ4n) is 0.657. The van der Waals surface area contributed by atoms with Crippen LogP contribution in [0.4, 0.5) is 5.13 Å². The molecule has 0 aliphatic carbocycles. The summed E-state index contributed by atoms with van der Waals surface area (Å²) < 4.78 is 3.75. The van der Waals surface area contributed by atoms with E-state index >= 15 is 0 Å². The van der Waals surface area contributed by atoms with Crippen molar-refractivity contribution in [1.82, 2.24) is 9.36 Å². The van der Waals surface area contributed by atoms with Gasteiger partial charge in [0, 0.05) is 11.5 Å². The summed E-state index contributed by atoms with van der Waals surface area (Å²) in [5.41, 5.74) is 3.58. The van der Waals surface area contributed by atoms with Gasteiger partial charge in [-0.05, 0) is 13.8 Å². The van der Waals surface area contributed by atoms with Crippen LogP contribution in [0.15, 0.2) is 5.16 Å². The third-order valence-corrected chi connectivity index (χ3v) is 2.21. The van der Waals surface area contributed by atoms with E-state index in [1.807, 2.05) is 0 Å². The number of nitrogen functional groups attached to an aromatic ring is 1. The van der Waals surface area contributed by atoms with Gasteiger partial charge in [-0.1, -0.05) is 5.16 Å². The summed E-state index contributed by atoms with van der Waals surface area (Å²) in [6.07, 6.45) is 0.361. The highest BCUT2D eigenvalue weighted by Gasteiger charge is 2.30. The maximum atomic E-state index is 10.7. The van der Waals surface area contributed by atoms with E-state index in [0.29, 0.717) is 6.29 Å². The van der Waals surface area contributed by atoms with Crippen molar-refractivity contribution >= 4 is 34.6 Å². The average Bonchev–Trinajstić information content (AvgIpc) is 2.65. The maximum Gasteiger partial charge on any atom is 0.350 e. The molecule has 0 bridgehead atoms. The fraction of sp³-hybridized carbons (Fsp3) is 0.375. The Balaban J connectivity index is 2.89. The average molecular weight is 258 g/mol. The van der Waals surface area contributed by atoms with Crippen LogP contribution in [0.5, 0.6) is 0 Å². The van der Waals surface area contributed by atoms with Crippen LogP contribution in [0, 0.1) is 0 Å². The zero-order chi connectivity index (χ0) is 13.1. The van der Waals surface area contributed by atoms with E-state index in [4.69, 9.17) is 15.7 Å². The number of nitrogens with two attached hydrogens (primary N) is 1. The second-order valence-corrected chi connectivity index (χ2v) is 4.24. The molecule has 1 aromatic heterocycles. The van der Waals surface area contributed by atoms with E-state index in [9.17, 15) is 9.59 Å². The van der Waals surface area contributed by atoms with Gasteiger partial charge in [-0.15, -0.1) is 0 Å². The van der Waals surface area contributed by atoms with Gasteiger partial charge in [0.1, 0.15) is 0 Å². The van der Waals surface area contributed by atoms with Gasteiger partial charge in [0.05, 0.1) is 0 Å². The molecule has 0 fully saturated rings. The molecule has 3 N–H and O–H groups in total. The Morgan fingerprint density at radius 1 is 1.65 bits per heavy atom. The minimum absolute atomic E-state index is 0.00342. The highest BCUT2D eigenvalue weighted by Crippen LogP contribution is 2.11. The van der Waals surface area contributed by atoms with Crippen molar-refractivity contribution in [2.45, 2.75) is 19.4 Å². The predicted octanol–water partition coefficient (Wildman–Crippen LogP) is -0.0969. The lowest BCUT2D eigenvalue weighted by Crippen LogP contribution is -2.33. The first-order valence-corrected chi connectivity index (χ1v) is 5.18. The van der Waals surface area contributed by atoms with E-state index in [1.165, 1.54) is 13.8 Å². The number of carbonyl (C=O) groups is 2. The van der Waals surface area contributed by atoms with E-state index in [2.05, 4.69) is 14.5 Å². The molecule has 0 radical (unpaired) electrons. The summed E-state index contributed by atoms with van der Waals surface area (Å²) in [5.74, 6) is -1.21. The van der Waals surface area contributed by atoms with Crippen LogP contribution in [0.2, 0.25) is 0 Å². The van der Waals surface area contributed by atoms with Crippen molar-refractivity contribution in [2.75, 3.05) is 5.73 Å². The van der Waals surface area contributed by atoms with E-state index in [0.717, 1.165) is 11.5 Å². The van der Waals surface area contributed by atoms with Crippen molar-refractivity contribution in [3.8, 4) is 0 Å². The lowest BCUT2D eigenvalue weighted by molar-refractivity contribution is -0.161. The van der Waals surface area contributed by atoms with Gasteiger partial charge < -0.3 is 15.7 Å². The van der Waals surface area contributed by atoms with E-state index < -0.39 is 11.6 Å². The second kappa shape index (κ2) is 4.87. The number of hydrogen-bond acceptors (Lipinski definition) is 8. The molecule has 0 aromatic carbocycles. The number of aldehydes is 1. The Kier molecular flexibility index (Phi) is 3.73. The zero-order valence-corrected chi connectivity index (χ0v) is 9.89. The molecule has 0 spiro atoms. The van der Waals surface area contributed by atoms with Crippen molar-refractivity contribution in [3.05, 3.63) is 5.82 Å². The largest absolute Gasteiger partial charge is 0.478 e. The molecule has 0 unspecified atom stereocenters. The van der Waals surface area contributed by atoms with E-state index in [1.54, 1.807) is 0 Å². The first-order chi connectivity index (χ1) is 7.86. The van der Waals surface area contributed by atoms with Crippen LogP contribution in [0.3, 0.4) is 0 Å². The Bertz CT molecular complexity index is 468. The molecule has 1 rings (SSSR count). The molecule has 0 saturated carbocycles. The smallest absolute Gasteiger partial charge is 0.350 e. The van der Waals surface area contributed by atoms with Gasteiger partial charge in [0.25, 0.3) is 0 Å². The van der Waals surface area contributed by atoms with Gasteiger partial charge in [-0.2, -0.15) is 9.36 Å². The Hall–Kier alpha value is -2.03. The summed E-state index contributed by atoms with van der Waals surface area (Å²) >= 11 is 0.893. The first-order valence-electron chi connectivity index (χ1n) is 4.41. The predicted molar refractivity (Wildman–Crippen MR) is 59.7 cm³/mol. The number of carboxylic acid groups (broad SMARTS) is 1. The van der Waals surface area contributed by atoms with Gasteiger partial charge >= 0.3 is 5.97 Å². The van der Waals surface area contributed by atoms with Crippen LogP contribution in [0.25, 0.3) is 0 Å². The number of anilines is 1. The van der Waals surface area contributed by atoms with Crippen LogP contribution in [-0.4, -0.2) is 38.0 Å². The first kappa shape index (κ1) is 13.0. The fourth-order valence-corrected chi connectivity index (χ4v) is 1.10. The molecule has 92 valence electrons. The molecule has 0 amide bonds. The van der Waals surface area contributed by atoms with Crippen LogP contribution in [0.1, 0.15) is 19.7 Å². The normalized spacial score (nSPS) is 12.2. The monoisotopic (exact) mass is 258 g/mol. The highest BCUT2D eigenvalue weighted by atomic mass is 32.1. The molecule has 0 saturated heterocycles. The summed E-state index contributed by atoms with van der Waals surface area (Å²) in [6, 6.07) is 0. The Labute approximate surface area is 100 Å². The molecule has 1 aromatic rings. The molecule has 0 atom stereocenters. The molecular formula is C8H10N4O4S. The molecular weight excluding hydrogens is 248 g/mol. The number of aliphatic carboxylic acids is 1. The van der Waals surface area contributed by atoms with Crippen molar-refractivity contribution in [3.63, 3.8) is 0 Å². The van der Waals surface area contributed by atoms with Crippen LogP contribution >= 0.6 is 11.5 Å². The van der Waals surface area contributed by atoms with Gasteiger partial charge in [0.2, 0.25) is 5.60 Å². The topological polar surface area (TPSA) is 128 Å². The number of carbonyl (C=O) groups excluding carboxylic acids is 1. The lowest BCUT2D eigenvalue weighted by atomic mass is 10.1. The second-order valence-electron chi connectivity index (χ2n) is 3.46. The molecule has 0 aliphatic heterocycles. The molecule has 0 aliphatic rings. The number of hydrogen-bond donors (Lipinski definition) is 2. The standard InChI is InChI=1S/C8H10N4O4S/c1-8(2,6(14)15)16-11-4(3-13)5-10-7(9)17-12-5/h3H,1-2H3,(H,14,15)(H2,9,10,12)/b11-4-. The SMILES string of the molecule is CC(C)(O/N=C(/C=O)c1nsc(N)n1)C(=O)O. The summed E-state index contributed by atoms with van der Waals surface area (Å²) in [7, 11) is 0. The number of nitrogens with zero attached hydrogens (tertiary/aromatic N) is 3. The Morgan fingerprint density at radius 2 is 2.29 bits per heavy atom. The molecule has 1 heterocycles. The quantitative estimate of drug-likeness (QED) is 0.428. The summed E-state index contributed by atoms with van der Waals surface area (Å²) in [5, 5.41) is 12.4. The molecule has 17 heavy (non-hydrogen) atoms. The van der Waals surface area contributed by atoms with Crippen LogP contribution in [-0.2, 0) is 14.4 Å². The minimum Gasteiger partial charge on any atom is -0.478 e. The third kappa shape index (κ3) is 3.21. The number of aromatic nitrogens is 2. The Morgan fingerprint density at radius 3 is 2.71 bits per heavy atom. The highest BCUT2D eigenvalue weighted by molar-refractivity contribution is 7.09. The van der Waals surface area contributed by atoms with Gasteiger partial charge in [0.15, 0.2) is 23.0 Å². The number of oxime groups is 1. The summed E-state index contributed by atoms with van der Waals surface area (Å²) in [6.45, 7) is 2.59. The lowest BCUT2D eigenvalue weighted by Gasteiger charge is -2.16. The maximum absolute atomic E-state index is 10.7.